The quantitative estimate of drug-likeness (QED) is 0.743. The largest absolute Gasteiger partial charge is 0.491 e. The number of hydrogen-bond donors (Lipinski definition) is 2. The number of aliphatic hydroxyl groups excluding tert-OH is 1. The van der Waals surface area contributed by atoms with Crippen LogP contribution in [0.15, 0.2) is 42.7 Å². The predicted octanol–water partition coefficient (Wildman–Crippen LogP) is 0.623. The number of nitrogens with zero attached hydrogens (tertiary/aromatic N) is 4. The molecule has 0 aliphatic carbocycles. The van der Waals surface area contributed by atoms with Crippen molar-refractivity contribution in [3.8, 4) is 5.75 Å². The Hall–Kier alpha value is -2.71. The Morgan fingerprint density at radius 3 is 2.77 bits per heavy atom. The fraction of sp³-hybridized carbons (Fsp3) is 0.389. The van der Waals surface area contributed by atoms with Gasteiger partial charge in [0, 0.05) is 38.6 Å². The number of anilines is 1. The number of rotatable bonds is 7. The van der Waals surface area contributed by atoms with Crippen LogP contribution >= 0.6 is 0 Å². The van der Waals surface area contributed by atoms with Crippen molar-refractivity contribution in [1.29, 1.82) is 0 Å². The minimum Gasteiger partial charge on any atom is -0.491 e. The summed E-state index contributed by atoms with van der Waals surface area (Å²) in [6.45, 7) is 2.29. The van der Waals surface area contributed by atoms with E-state index in [1.165, 1.54) is 0 Å². The summed E-state index contributed by atoms with van der Waals surface area (Å²) in [7, 11) is 0. The smallest absolute Gasteiger partial charge is 0.322 e. The molecule has 0 amide bonds. The van der Waals surface area contributed by atoms with Crippen molar-refractivity contribution in [3.63, 3.8) is 0 Å². The highest BCUT2D eigenvalue weighted by Gasteiger charge is 2.33. The third kappa shape index (κ3) is 4.47. The van der Waals surface area contributed by atoms with E-state index in [4.69, 9.17) is 9.84 Å². The highest BCUT2D eigenvalue weighted by molar-refractivity contribution is 5.74. The van der Waals surface area contributed by atoms with Gasteiger partial charge in [0.15, 0.2) is 0 Å². The second-order valence-corrected chi connectivity index (χ2v) is 6.04. The Kier molecular flexibility index (Phi) is 5.98. The van der Waals surface area contributed by atoms with Crippen LogP contribution in [0.1, 0.15) is 5.56 Å². The SMILES string of the molecule is O=C(O)[C@H]1CN(c2ncccn2)CCN1Cc1cccc(OCCO)c1. The molecule has 0 spiro atoms. The Labute approximate surface area is 151 Å². The number of piperazine rings is 1. The lowest BCUT2D eigenvalue weighted by atomic mass is 10.1. The van der Waals surface area contributed by atoms with Crippen LogP contribution in [0.5, 0.6) is 5.75 Å². The third-order valence-electron chi connectivity index (χ3n) is 4.26. The summed E-state index contributed by atoms with van der Waals surface area (Å²) in [5.41, 5.74) is 0.969. The maximum atomic E-state index is 11.8. The van der Waals surface area contributed by atoms with Crippen molar-refractivity contribution < 1.29 is 19.7 Å². The maximum absolute atomic E-state index is 11.8. The zero-order valence-electron chi connectivity index (χ0n) is 14.4. The van der Waals surface area contributed by atoms with E-state index in [9.17, 15) is 9.90 Å². The molecule has 0 bridgehead atoms. The van der Waals surface area contributed by atoms with Crippen LogP contribution in [0.2, 0.25) is 0 Å². The second kappa shape index (κ2) is 8.59. The summed E-state index contributed by atoms with van der Waals surface area (Å²) < 4.78 is 5.42. The number of aliphatic carboxylic acids is 1. The summed E-state index contributed by atoms with van der Waals surface area (Å²) in [4.78, 5) is 24.0. The van der Waals surface area contributed by atoms with E-state index in [0.29, 0.717) is 37.9 Å². The van der Waals surface area contributed by atoms with E-state index in [2.05, 4.69) is 9.97 Å². The fourth-order valence-electron chi connectivity index (χ4n) is 3.01. The Morgan fingerprint density at radius 1 is 1.23 bits per heavy atom. The Balaban J connectivity index is 1.69. The molecule has 0 radical (unpaired) electrons. The lowest BCUT2D eigenvalue weighted by Gasteiger charge is -2.39. The molecule has 3 rings (SSSR count). The number of carboxylic acids is 1. The first-order valence-corrected chi connectivity index (χ1v) is 8.49. The fourth-order valence-corrected chi connectivity index (χ4v) is 3.01. The van der Waals surface area contributed by atoms with Gasteiger partial charge in [0.1, 0.15) is 18.4 Å². The van der Waals surface area contributed by atoms with E-state index >= 15 is 0 Å². The monoisotopic (exact) mass is 358 g/mol. The van der Waals surface area contributed by atoms with Crippen molar-refractivity contribution in [2.75, 3.05) is 37.7 Å². The average molecular weight is 358 g/mol. The third-order valence-corrected chi connectivity index (χ3v) is 4.26. The summed E-state index contributed by atoms with van der Waals surface area (Å²) in [5, 5.41) is 18.5. The molecule has 1 atom stereocenters. The van der Waals surface area contributed by atoms with E-state index in [1.807, 2.05) is 34.1 Å². The topological polar surface area (TPSA) is 99.0 Å². The average Bonchev–Trinajstić information content (AvgIpc) is 2.67. The zero-order valence-corrected chi connectivity index (χ0v) is 14.4. The highest BCUT2D eigenvalue weighted by Crippen LogP contribution is 2.20. The van der Waals surface area contributed by atoms with E-state index in [0.717, 1.165) is 5.56 Å². The minimum atomic E-state index is -0.863. The molecule has 26 heavy (non-hydrogen) atoms. The molecule has 2 N–H and O–H groups in total. The summed E-state index contributed by atoms with van der Waals surface area (Å²) >= 11 is 0. The van der Waals surface area contributed by atoms with E-state index in [-0.39, 0.29) is 13.2 Å². The van der Waals surface area contributed by atoms with Crippen LogP contribution in [0.3, 0.4) is 0 Å². The number of aliphatic hydroxyl groups is 1. The van der Waals surface area contributed by atoms with Crippen LogP contribution in [-0.2, 0) is 11.3 Å². The lowest BCUT2D eigenvalue weighted by Crippen LogP contribution is -2.56. The molecule has 1 saturated heterocycles. The van der Waals surface area contributed by atoms with Crippen LogP contribution in [-0.4, -0.2) is 69.9 Å². The van der Waals surface area contributed by atoms with Gasteiger partial charge in [-0.1, -0.05) is 12.1 Å². The first kappa shape index (κ1) is 18.1. The number of aromatic nitrogens is 2. The minimum absolute atomic E-state index is 0.0468. The molecule has 2 heterocycles. The molecular formula is C18H22N4O4. The van der Waals surface area contributed by atoms with Crippen LogP contribution in [0.4, 0.5) is 5.95 Å². The van der Waals surface area contributed by atoms with Crippen molar-refractivity contribution >= 4 is 11.9 Å². The number of benzene rings is 1. The summed E-state index contributed by atoms with van der Waals surface area (Å²) in [5.74, 6) is 0.357. The number of ether oxygens (including phenoxy) is 1. The first-order valence-electron chi connectivity index (χ1n) is 8.49. The number of hydrogen-bond acceptors (Lipinski definition) is 7. The van der Waals surface area contributed by atoms with Gasteiger partial charge >= 0.3 is 5.97 Å². The van der Waals surface area contributed by atoms with Gasteiger partial charge in [0.2, 0.25) is 5.95 Å². The van der Waals surface area contributed by atoms with Crippen LogP contribution in [0, 0.1) is 0 Å². The van der Waals surface area contributed by atoms with Gasteiger partial charge in [0.05, 0.1) is 6.61 Å². The number of carbonyl (C=O) groups is 1. The summed E-state index contributed by atoms with van der Waals surface area (Å²) in [6.07, 6.45) is 3.31. The molecule has 1 aliphatic rings. The molecule has 0 unspecified atom stereocenters. The van der Waals surface area contributed by atoms with Gasteiger partial charge in [-0.15, -0.1) is 0 Å². The molecule has 138 valence electrons. The normalized spacial score (nSPS) is 17.9. The van der Waals surface area contributed by atoms with Crippen molar-refractivity contribution in [2.24, 2.45) is 0 Å². The van der Waals surface area contributed by atoms with E-state index < -0.39 is 12.0 Å². The predicted molar refractivity (Wildman–Crippen MR) is 95.1 cm³/mol. The standard InChI is InChI=1S/C18H22N4O4/c23-9-10-26-15-4-1-3-14(11-15)12-21-7-8-22(13-16(21)17(24)25)18-19-5-2-6-20-18/h1-6,11,16,23H,7-10,12-13H2,(H,24,25)/t16-/m1/s1. The second-order valence-electron chi connectivity index (χ2n) is 6.04. The molecule has 8 nitrogen and oxygen atoms in total. The molecule has 1 aliphatic heterocycles. The molecule has 0 saturated carbocycles. The molecule has 1 aromatic heterocycles. The van der Waals surface area contributed by atoms with Gasteiger partial charge in [-0.25, -0.2) is 9.97 Å². The van der Waals surface area contributed by atoms with E-state index in [1.54, 1.807) is 18.5 Å². The van der Waals surface area contributed by atoms with Crippen LogP contribution < -0.4 is 9.64 Å². The molecule has 1 fully saturated rings. The van der Waals surface area contributed by atoms with Crippen LogP contribution in [0.25, 0.3) is 0 Å². The van der Waals surface area contributed by atoms with Gasteiger partial charge in [-0.05, 0) is 23.8 Å². The van der Waals surface area contributed by atoms with Crippen molar-refractivity contribution in [3.05, 3.63) is 48.3 Å². The van der Waals surface area contributed by atoms with Gasteiger partial charge in [0.25, 0.3) is 0 Å². The maximum Gasteiger partial charge on any atom is 0.322 e. The molecule has 2 aromatic rings. The van der Waals surface area contributed by atoms with Crippen molar-refractivity contribution in [1.82, 2.24) is 14.9 Å². The lowest BCUT2D eigenvalue weighted by molar-refractivity contribution is -0.143. The Bertz CT molecular complexity index is 728. The Morgan fingerprint density at radius 2 is 2.04 bits per heavy atom. The molecular weight excluding hydrogens is 336 g/mol. The van der Waals surface area contributed by atoms with Gasteiger partial charge < -0.3 is 19.8 Å². The molecule has 1 aromatic carbocycles. The van der Waals surface area contributed by atoms with Gasteiger partial charge in [-0.3, -0.25) is 9.69 Å². The first-order chi connectivity index (χ1) is 12.7. The molecule has 8 heteroatoms. The summed E-state index contributed by atoms with van der Waals surface area (Å²) in [6, 6.07) is 8.60. The zero-order chi connectivity index (χ0) is 18.4. The van der Waals surface area contributed by atoms with Gasteiger partial charge in [-0.2, -0.15) is 0 Å². The van der Waals surface area contributed by atoms with Crippen molar-refractivity contribution in [2.45, 2.75) is 12.6 Å². The highest BCUT2D eigenvalue weighted by atomic mass is 16.5. The number of carboxylic acid groups (broad SMARTS) is 1.